The molecule has 3 rings (SSSR count). The Morgan fingerprint density at radius 2 is 1.90 bits per heavy atom. The molecule has 0 aliphatic rings. The van der Waals surface area contributed by atoms with Crippen molar-refractivity contribution in [2.24, 2.45) is 0 Å². The first kappa shape index (κ1) is 13.1. The maximum atomic E-state index is 5.96. The number of H-pyrrole nitrogens is 1. The lowest BCUT2D eigenvalue weighted by Gasteiger charge is -2.02. The van der Waals surface area contributed by atoms with Gasteiger partial charge in [-0.05, 0) is 48.7 Å². The SMILES string of the molecule is Cc1cc2nc(SCc3ccccc3N)[nH]c2cc1C. The van der Waals surface area contributed by atoms with Crippen LogP contribution in [0.4, 0.5) is 5.69 Å². The van der Waals surface area contributed by atoms with Crippen molar-refractivity contribution >= 4 is 28.5 Å². The van der Waals surface area contributed by atoms with Gasteiger partial charge in [0.2, 0.25) is 0 Å². The van der Waals surface area contributed by atoms with Gasteiger partial charge in [-0.2, -0.15) is 0 Å². The fourth-order valence-electron chi connectivity index (χ4n) is 2.13. The highest BCUT2D eigenvalue weighted by Crippen LogP contribution is 2.26. The average Bonchev–Trinajstić information content (AvgIpc) is 2.80. The normalized spacial score (nSPS) is 11.1. The minimum Gasteiger partial charge on any atom is -0.398 e. The number of hydrogen-bond donors (Lipinski definition) is 2. The van der Waals surface area contributed by atoms with Crippen molar-refractivity contribution in [3.63, 3.8) is 0 Å². The first-order valence-electron chi connectivity index (χ1n) is 6.56. The summed E-state index contributed by atoms with van der Waals surface area (Å²) in [6.45, 7) is 4.23. The van der Waals surface area contributed by atoms with E-state index in [0.717, 1.165) is 33.2 Å². The fourth-order valence-corrected chi connectivity index (χ4v) is 3.03. The fraction of sp³-hybridized carbons (Fsp3) is 0.188. The number of nitrogens with one attached hydrogen (secondary N) is 1. The third kappa shape index (κ3) is 2.51. The van der Waals surface area contributed by atoms with E-state index in [-0.39, 0.29) is 0 Å². The highest BCUT2D eigenvalue weighted by molar-refractivity contribution is 7.98. The van der Waals surface area contributed by atoms with E-state index >= 15 is 0 Å². The van der Waals surface area contributed by atoms with Gasteiger partial charge in [0.1, 0.15) is 0 Å². The van der Waals surface area contributed by atoms with Crippen LogP contribution in [0.1, 0.15) is 16.7 Å². The van der Waals surface area contributed by atoms with Crippen LogP contribution in [-0.2, 0) is 5.75 Å². The van der Waals surface area contributed by atoms with Crippen LogP contribution in [0, 0.1) is 13.8 Å². The molecular weight excluding hydrogens is 266 g/mol. The molecule has 1 heterocycles. The highest BCUT2D eigenvalue weighted by atomic mass is 32.2. The second-order valence-electron chi connectivity index (χ2n) is 4.98. The van der Waals surface area contributed by atoms with Crippen molar-refractivity contribution < 1.29 is 0 Å². The third-order valence-electron chi connectivity index (χ3n) is 3.50. The van der Waals surface area contributed by atoms with E-state index in [2.05, 4.69) is 42.0 Å². The molecule has 0 radical (unpaired) electrons. The Labute approximate surface area is 122 Å². The molecule has 0 aliphatic carbocycles. The predicted octanol–water partition coefficient (Wildman–Crippen LogP) is 4.05. The number of aryl methyl sites for hydroxylation is 2. The molecule has 0 unspecified atom stereocenters. The van der Waals surface area contributed by atoms with Crippen molar-refractivity contribution in [3.05, 3.63) is 53.1 Å². The highest BCUT2D eigenvalue weighted by Gasteiger charge is 2.06. The van der Waals surface area contributed by atoms with Crippen LogP contribution in [0.5, 0.6) is 0 Å². The molecule has 0 aliphatic heterocycles. The Morgan fingerprint density at radius 3 is 2.70 bits per heavy atom. The average molecular weight is 283 g/mol. The topological polar surface area (TPSA) is 54.7 Å². The number of imidazole rings is 1. The summed E-state index contributed by atoms with van der Waals surface area (Å²) in [6.07, 6.45) is 0. The standard InChI is InChI=1S/C16H17N3S/c1-10-7-14-15(8-11(10)2)19-16(18-14)20-9-12-5-3-4-6-13(12)17/h3-8H,9,17H2,1-2H3,(H,18,19). The number of anilines is 1. The van der Waals surface area contributed by atoms with Gasteiger partial charge in [-0.25, -0.2) is 4.98 Å². The molecule has 0 bridgehead atoms. The number of para-hydroxylation sites is 1. The van der Waals surface area contributed by atoms with Gasteiger partial charge in [-0.1, -0.05) is 30.0 Å². The molecule has 0 atom stereocenters. The Bertz CT molecular complexity index is 723. The summed E-state index contributed by atoms with van der Waals surface area (Å²) in [4.78, 5) is 7.99. The molecule has 3 nitrogen and oxygen atoms in total. The van der Waals surface area contributed by atoms with E-state index in [1.54, 1.807) is 11.8 Å². The first-order chi connectivity index (χ1) is 9.63. The second-order valence-corrected chi connectivity index (χ2v) is 5.95. The van der Waals surface area contributed by atoms with Gasteiger partial charge in [-0.3, -0.25) is 0 Å². The van der Waals surface area contributed by atoms with Crippen LogP contribution in [-0.4, -0.2) is 9.97 Å². The van der Waals surface area contributed by atoms with Crippen LogP contribution in [0.25, 0.3) is 11.0 Å². The number of aromatic nitrogens is 2. The van der Waals surface area contributed by atoms with Crippen molar-refractivity contribution in [1.29, 1.82) is 0 Å². The van der Waals surface area contributed by atoms with Gasteiger partial charge >= 0.3 is 0 Å². The molecule has 4 heteroatoms. The summed E-state index contributed by atoms with van der Waals surface area (Å²) in [5.41, 5.74) is 12.6. The molecular formula is C16H17N3S. The summed E-state index contributed by atoms with van der Waals surface area (Å²) in [7, 11) is 0. The lowest BCUT2D eigenvalue weighted by atomic mass is 10.1. The molecule has 0 saturated carbocycles. The molecule has 1 aromatic heterocycles. The van der Waals surface area contributed by atoms with E-state index in [1.165, 1.54) is 11.1 Å². The van der Waals surface area contributed by atoms with Gasteiger partial charge in [-0.15, -0.1) is 0 Å². The quantitative estimate of drug-likeness (QED) is 0.563. The lowest BCUT2D eigenvalue weighted by Crippen LogP contribution is -1.91. The smallest absolute Gasteiger partial charge is 0.166 e. The molecule has 102 valence electrons. The van der Waals surface area contributed by atoms with Crippen LogP contribution in [0.15, 0.2) is 41.6 Å². The van der Waals surface area contributed by atoms with Crippen LogP contribution in [0.2, 0.25) is 0 Å². The molecule has 0 fully saturated rings. The summed E-state index contributed by atoms with van der Waals surface area (Å²) in [5.74, 6) is 0.824. The molecule has 0 amide bonds. The third-order valence-corrected chi connectivity index (χ3v) is 4.42. The van der Waals surface area contributed by atoms with Gasteiger partial charge in [0.15, 0.2) is 5.16 Å². The second kappa shape index (κ2) is 5.21. The van der Waals surface area contributed by atoms with E-state index < -0.39 is 0 Å². The van der Waals surface area contributed by atoms with Crippen molar-refractivity contribution in [2.45, 2.75) is 24.8 Å². The molecule has 0 spiro atoms. The first-order valence-corrected chi connectivity index (χ1v) is 7.55. The Morgan fingerprint density at radius 1 is 1.15 bits per heavy atom. The zero-order valence-electron chi connectivity index (χ0n) is 11.6. The summed E-state index contributed by atoms with van der Waals surface area (Å²) in [6, 6.07) is 12.2. The predicted molar refractivity (Wildman–Crippen MR) is 86.0 cm³/mol. The largest absolute Gasteiger partial charge is 0.398 e. The number of nitrogens with zero attached hydrogens (tertiary/aromatic N) is 1. The van der Waals surface area contributed by atoms with Gasteiger partial charge < -0.3 is 10.7 Å². The van der Waals surface area contributed by atoms with E-state index in [1.807, 2.05) is 18.2 Å². The Kier molecular flexibility index (Phi) is 3.40. The maximum Gasteiger partial charge on any atom is 0.166 e. The number of thioether (sulfide) groups is 1. The van der Waals surface area contributed by atoms with Crippen LogP contribution < -0.4 is 5.73 Å². The molecule has 3 aromatic rings. The van der Waals surface area contributed by atoms with E-state index in [9.17, 15) is 0 Å². The van der Waals surface area contributed by atoms with Crippen molar-refractivity contribution in [2.75, 3.05) is 5.73 Å². The molecule has 3 N–H and O–H groups in total. The van der Waals surface area contributed by atoms with Gasteiger partial charge in [0, 0.05) is 11.4 Å². The Hall–Kier alpha value is -1.94. The Balaban J connectivity index is 1.83. The van der Waals surface area contributed by atoms with Gasteiger partial charge in [0.05, 0.1) is 11.0 Å². The minimum atomic E-state index is 0.824. The maximum absolute atomic E-state index is 5.96. The summed E-state index contributed by atoms with van der Waals surface area (Å²) >= 11 is 1.68. The van der Waals surface area contributed by atoms with Crippen LogP contribution >= 0.6 is 11.8 Å². The van der Waals surface area contributed by atoms with E-state index in [4.69, 9.17) is 5.73 Å². The number of nitrogens with two attached hydrogens (primary N) is 1. The molecule has 2 aromatic carbocycles. The number of hydrogen-bond acceptors (Lipinski definition) is 3. The summed E-state index contributed by atoms with van der Waals surface area (Å²) in [5, 5.41) is 0.938. The number of rotatable bonds is 3. The summed E-state index contributed by atoms with van der Waals surface area (Å²) < 4.78 is 0. The monoisotopic (exact) mass is 283 g/mol. The number of fused-ring (bicyclic) bond motifs is 1. The number of aromatic amines is 1. The van der Waals surface area contributed by atoms with Crippen molar-refractivity contribution in [3.8, 4) is 0 Å². The lowest BCUT2D eigenvalue weighted by molar-refractivity contribution is 1.08. The molecule has 20 heavy (non-hydrogen) atoms. The van der Waals surface area contributed by atoms with Gasteiger partial charge in [0.25, 0.3) is 0 Å². The zero-order valence-corrected chi connectivity index (χ0v) is 12.4. The number of nitrogen functional groups attached to an aromatic ring is 1. The van der Waals surface area contributed by atoms with Crippen LogP contribution in [0.3, 0.4) is 0 Å². The number of benzene rings is 2. The van der Waals surface area contributed by atoms with Crippen molar-refractivity contribution in [1.82, 2.24) is 9.97 Å². The molecule has 0 saturated heterocycles. The van der Waals surface area contributed by atoms with E-state index in [0.29, 0.717) is 0 Å². The minimum absolute atomic E-state index is 0.824. The zero-order chi connectivity index (χ0) is 14.1.